The molecule has 0 aromatic carbocycles. The molecule has 0 amide bonds. The van der Waals surface area contributed by atoms with Crippen LogP contribution in [0, 0.1) is 5.92 Å². The average molecular weight is 405 g/mol. The van der Waals surface area contributed by atoms with E-state index in [1.165, 1.54) is 25.7 Å². The van der Waals surface area contributed by atoms with Crippen molar-refractivity contribution in [2.45, 2.75) is 51.6 Å². The summed E-state index contributed by atoms with van der Waals surface area (Å²) in [6.07, 6.45) is 7.36. The molecule has 3 aliphatic rings. The Kier molecular flexibility index (Phi) is 6.47. The second-order valence-corrected chi connectivity index (χ2v) is 8.65. The number of aromatic nitrogens is 2. The van der Waals surface area contributed by atoms with Crippen LogP contribution in [-0.2, 0) is 4.74 Å². The zero-order valence-electron chi connectivity index (χ0n) is 16.8. The van der Waals surface area contributed by atoms with Crippen LogP contribution >= 0.6 is 12.2 Å². The molecule has 1 aromatic rings. The quantitative estimate of drug-likeness (QED) is 0.727. The van der Waals surface area contributed by atoms with Crippen LogP contribution in [0.3, 0.4) is 0 Å². The molecule has 0 radical (unpaired) electrons. The molecule has 7 nitrogen and oxygen atoms in total. The molecule has 0 saturated carbocycles. The van der Waals surface area contributed by atoms with Crippen molar-refractivity contribution in [3.05, 3.63) is 6.07 Å². The highest BCUT2D eigenvalue weighted by Crippen LogP contribution is 2.27. The summed E-state index contributed by atoms with van der Waals surface area (Å²) in [5.74, 6) is 3.39. The van der Waals surface area contributed by atoms with Crippen LogP contribution in [0.4, 0.5) is 17.6 Å². The van der Waals surface area contributed by atoms with E-state index in [9.17, 15) is 0 Å². The van der Waals surface area contributed by atoms with E-state index in [2.05, 4.69) is 33.4 Å². The lowest BCUT2D eigenvalue weighted by molar-refractivity contribution is 0.114. The topological polar surface area (TPSA) is 65.5 Å². The van der Waals surface area contributed by atoms with Gasteiger partial charge in [0.25, 0.3) is 0 Å². The number of thiocarbonyl (C=S) groups is 1. The van der Waals surface area contributed by atoms with Crippen LogP contribution in [0.1, 0.15) is 45.4 Å². The van der Waals surface area contributed by atoms with Gasteiger partial charge in [0.05, 0.1) is 6.10 Å². The number of hydrogen-bond acceptors (Lipinski definition) is 6. The zero-order valence-corrected chi connectivity index (χ0v) is 17.6. The number of nitrogens with zero attached hydrogens (tertiary/aromatic N) is 4. The number of anilines is 3. The van der Waals surface area contributed by atoms with E-state index in [-0.39, 0.29) is 6.10 Å². The highest BCUT2D eigenvalue weighted by atomic mass is 32.1. The SMILES string of the molecule is CC1CCN(c2cc(N3CCCC3)nc(NC(=S)NC[C@@H]3CCCO3)n2)CC1. The van der Waals surface area contributed by atoms with Gasteiger partial charge in [-0.3, -0.25) is 0 Å². The first kappa shape index (κ1) is 19.6. The number of rotatable bonds is 5. The van der Waals surface area contributed by atoms with Crippen molar-refractivity contribution < 1.29 is 4.74 Å². The van der Waals surface area contributed by atoms with Crippen molar-refractivity contribution in [1.82, 2.24) is 15.3 Å². The minimum atomic E-state index is 0.252. The zero-order chi connectivity index (χ0) is 19.3. The molecule has 0 unspecified atom stereocenters. The summed E-state index contributed by atoms with van der Waals surface area (Å²) in [6, 6.07) is 2.15. The maximum absolute atomic E-state index is 5.65. The lowest BCUT2D eigenvalue weighted by Crippen LogP contribution is -2.36. The van der Waals surface area contributed by atoms with E-state index < -0.39 is 0 Å². The summed E-state index contributed by atoms with van der Waals surface area (Å²) < 4.78 is 5.65. The minimum absolute atomic E-state index is 0.252. The highest BCUT2D eigenvalue weighted by molar-refractivity contribution is 7.80. The maximum Gasteiger partial charge on any atom is 0.232 e. The molecule has 1 atom stereocenters. The fourth-order valence-electron chi connectivity index (χ4n) is 4.14. The number of hydrogen-bond donors (Lipinski definition) is 2. The fraction of sp³-hybridized carbons (Fsp3) is 0.750. The molecule has 8 heteroatoms. The Morgan fingerprint density at radius 3 is 2.39 bits per heavy atom. The average Bonchev–Trinajstić information content (AvgIpc) is 3.41. The Balaban J connectivity index is 1.45. The van der Waals surface area contributed by atoms with E-state index in [0.717, 1.165) is 69.7 Å². The lowest BCUT2D eigenvalue weighted by atomic mass is 9.99. The molecule has 28 heavy (non-hydrogen) atoms. The second-order valence-electron chi connectivity index (χ2n) is 8.24. The third kappa shape index (κ3) is 5.03. The van der Waals surface area contributed by atoms with Crippen molar-refractivity contribution in [1.29, 1.82) is 0 Å². The lowest BCUT2D eigenvalue weighted by Gasteiger charge is -2.32. The largest absolute Gasteiger partial charge is 0.376 e. The standard InChI is InChI=1S/C20H32N6OS/c1-15-6-10-26(11-7-15)18-13-17(25-8-2-3-9-25)22-19(23-18)24-20(28)21-14-16-5-4-12-27-16/h13,15-16H,2-12,14H2,1H3,(H2,21,22,23,24,28)/t16-/m0/s1. The third-order valence-corrected chi connectivity index (χ3v) is 6.22. The van der Waals surface area contributed by atoms with Gasteiger partial charge in [0.2, 0.25) is 5.95 Å². The highest BCUT2D eigenvalue weighted by Gasteiger charge is 2.22. The van der Waals surface area contributed by atoms with Crippen molar-refractivity contribution in [2.24, 2.45) is 5.92 Å². The van der Waals surface area contributed by atoms with Gasteiger partial charge in [0.15, 0.2) is 5.11 Å². The predicted molar refractivity (Wildman–Crippen MR) is 117 cm³/mol. The molecule has 0 spiro atoms. The van der Waals surface area contributed by atoms with Gasteiger partial charge in [-0.1, -0.05) is 6.92 Å². The third-order valence-electron chi connectivity index (χ3n) is 5.98. The molecular weight excluding hydrogens is 372 g/mol. The van der Waals surface area contributed by atoms with Crippen LogP contribution in [-0.4, -0.2) is 60.5 Å². The van der Waals surface area contributed by atoms with Gasteiger partial charge < -0.3 is 25.2 Å². The molecule has 0 aliphatic carbocycles. The molecule has 0 bridgehead atoms. The maximum atomic E-state index is 5.65. The first-order valence-electron chi connectivity index (χ1n) is 10.7. The Morgan fingerprint density at radius 1 is 1.07 bits per heavy atom. The van der Waals surface area contributed by atoms with Crippen LogP contribution in [0.15, 0.2) is 6.07 Å². The normalized spacial score (nSPS) is 23.2. The first-order valence-corrected chi connectivity index (χ1v) is 11.1. The number of piperidine rings is 1. The van der Waals surface area contributed by atoms with Gasteiger partial charge in [-0.15, -0.1) is 0 Å². The van der Waals surface area contributed by atoms with Crippen molar-refractivity contribution in [2.75, 3.05) is 54.4 Å². The monoisotopic (exact) mass is 404 g/mol. The van der Waals surface area contributed by atoms with Crippen molar-refractivity contribution in [3.63, 3.8) is 0 Å². The molecule has 4 rings (SSSR count). The predicted octanol–water partition coefficient (Wildman–Crippen LogP) is 2.78. The van der Waals surface area contributed by atoms with Gasteiger partial charge in [-0.05, 0) is 56.7 Å². The summed E-state index contributed by atoms with van der Waals surface area (Å²) in [5, 5.41) is 7.02. The molecule has 3 saturated heterocycles. The molecule has 1 aromatic heterocycles. The summed E-state index contributed by atoms with van der Waals surface area (Å²) >= 11 is 5.48. The Labute approximate surface area is 173 Å². The molecule has 2 N–H and O–H groups in total. The van der Waals surface area contributed by atoms with E-state index in [1.807, 2.05) is 0 Å². The molecule has 3 fully saturated rings. The molecule has 4 heterocycles. The van der Waals surface area contributed by atoms with Crippen molar-refractivity contribution >= 4 is 34.9 Å². The first-order chi connectivity index (χ1) is 13.7. The van der Waals surface area contributed by atoms with E-state index in [4.69, 9.17) is 26.9 Å². The number of ether oxygens (including phenoxy) is 1. The van der Waals surface area contributed by atoms with E-state index >= 15 is 0 Å². The fourth-order valence-corrected chi connectivity index (χ4v) is 4.32. The van der Waals surface area contributed by atoms with Gasteiger partial charge >= 0.3 is 0 Å². The van der Waals surface area contributed by atoms with Gasteiger partial charge in [0.1, 0.15) is 11.6 Å². The summed E-state index contributed by atoms with van der Waals surface area (Å²) in [7, 11) is 0. The van der Waals surface area contributed by atoms with E-state index in [1.54, 1.807) is 0 Å². The Bertz CT molecular complexity index is 667. The van der Waals surface area contributed by atoms with Crippen LogP contribution in [0.2, 0.25) is 0 Å². The minimum Gasteiger partial charge on any atom is -0.376 e. The summed E-state index contributed by atoms with van der Waals surface area (Å²) in [4.78, 5) is 14.3. The molecular formula is C20H32N6OS. The Morgan fingerprint density at radius 2 is 1.75 bits per heavy atom. The molecule has 154 valence electrons. The van der Waals surface area contributed by atoms with Crippen molar-refractivity contribution in [3.8, 4) is 0 Å². The second kappa shape index (κ2) is 9.22. The van der Waals surface area contributed by atoms with Gasteiger partial charge in [0, 0.05) is 45.4 Å². The van der Waals surface area contributed by atoms with E-state index in [0.29, 0.717) is 11.1 Å². The smallest absolute Gasteiger partial charge is 0.232 e. The van der Waals surface area contributed by atoms with Crippen LogP contribution < -0.4 is 20.4 Å². The Hall–Kier alpha value is -1.67. The summed E-state index contributed by atoms with van der Waals surface area (Å²) in [5.41, 5.74) is 0. The van der Waals surface area contributed by atoms with Crippen LogP contribution in [0.5, 0.6) is 0 Å². The molecule has 3 aliphatic heterocycles. The van der Waals surface area contributed by atoms with Gasteiger partial charge in [-0.2, -0.15) is 9.97 Å². The van der Waals surface area contributed by atoms with Crippen LogP contribution in [0.25, 0.3) is 0 Å². The van der Waals surface area contributed by atoms with Gasteiger partial charge in [-0.25, -0.2) is 0 Å². The number of nitrogens with one attached hydrogen (secondary N) is 2. The summed E-state index contributed by atoms with van der Waals surface area (Å²) in [6.45, 7) is 8.15.